The number of aliphatic carboxylic acids is 1. The summed E-state index contributed by atoms with van der Waals surface area (Å²) in [6.07, 6.45) is -1.35. The number of rotatable bonds is 3. The van der Waals surface area contributed by atoms with Gasteiger partial charge in [0.2, 0.25) is 0 Å². The van der Waals surface area contributed by atoms with Gasteiger partial charge in [0.1, 0.15) is 16.8 Å². The molecule has 1 amide bonds. The molecule has 23 heavy (non-hydrogen) atoms. The second kappa shape index (κ2) is 5.73. The Morgan fingerprint density at radius 2 is 1.91 bits per heavy atom. The minimum Gasteiger partial charge on any atom is -0.508 e. The average molecular weight is 323 g/mol. The Bertz CT molecular complexity index is 628. The third-order valence-electron chi connectivity index (χ3n) is 3.73. The summed E-state index contributed by atoms with van der Waals surface area (Å²) < 4.78 is 5.13. The van der Waals surface area contributed by atoms with Gasteiger partial charge in [0, 0.05) is 11.3 Å². The minimum atomic E-state index is -1.34. The molecule has 1 aliphatic rings. The molecule has 0 bridgehead atoms. The monoisotopic (exact) mass is 323 g/mol. The zero-order valence-corrected chi connectivity index (χ0v) is 13.3. The van der Waals surface area contributed by atoms with Crippen LogP contribution in [-0.2, 0) is 14.9 Å². The number of aliphatic hydroxyl groups is 1. The van der Waals surface area contributed by atoms with Crippen LogP contribution in [0.4, 0.5) is 10.5 Å². The maximum absolute atomic E-state index is 11.8. The number of hydrogen-bond donors (Lipinski definition) is 4. The van der Waals surface area contributed by atoms with Crippen molar-refractivity contribution >= 4 is 17.7 Å². The van der Waals surface area contributed by atoms with Crippen LogP contribution in [0.5, 0.6) is 5.75 Å². The Kier molecular flexibility index (Phi) is 4.26. The van der Waals surface area contributed by atoms with Crippen LogP contribution in [0.2, 0.25) is 0 Å². The molecular weight excluding hydrogens is 302 g/mol. The number of carbonyl (C=O) groups is 2. The van der Waals surface area contributed by atoms with Crippen LogP contribution in [-0.4, -0.2) is 39.1 Å². The Hall–Kier alpha value is -2.28. The summed E-state index contributed by atoms with van der Waals surface area (Å²) in [5.41, 5.74) is -1.52. The zero-order valence-electron chi connectivity index (χ0n) is 13.3. The number of benzene rings is 1. The van der Waals surface area contributed by atoms with Crippen LogP contribution in [0, 0.1) is 0 Å². The van der Waals surface area contributed by atoms with Gasteiger partial charge in [-0.1, -0.05) is 0 Å². The first-order valence-electron chi connectivity index (χ1n) is 7.28. The average Bonchev–Trinajstić information content (AvgIpc) is 2.34. The summed E-state index contributed by atoms with van der Waals surface area (Å²) in [6, 6.07) is 4.17. The van der Waals surface area contributed by atoms with E-state index in [1.165, 1.54) is 18.2 Å². The number of carboxylic acids is 1. The van der Waals surface area contributed by atoms with Gasteiger partial charge in [-0.3, -0.25) is 10.1 Å². The molecule has 0 aromatic heterocycles. The molecule has 0 atom stereocenters. The van der Waals surface area contributed by atoms with Gasteiger partial charge in [-0.25, -0.2) is 4.79 Å². The molecule has 0 spiro atoms. The van der Waals surface area contributed by atoms with Crippen LogP contribution in [0.25, 0.3) is 0 Å². The molecule has 0 saturated heterocycles. The van der Waals surface area contributed by atoms with Crippen LogP contribution in [0.3, 0.4) is 0 Å². The van der Waals surface area contributed by atoms with E-state index < -0.39 is 29.2 Å². The van der Waals surface area contributed by atoms with Gasteiger partial charge in [-0.15, -0.1) is 0 Å². The summed E-state index contributed by atoms with van der Waals surface area (Å²) in [5, 5.41) is 31.5. The molecule has 7 heteroatoms. The molecule has 126 valence electrons. The molecule has 0 unspecified atom stereocenters. The predicted molar refractivity (Wildman–Crippen MR) is 82.5 cm³/mol. The Balaban J connectivity index is 2.26. The first-order chi connectivity index (χ1) is 10.5. The quantitative estimate of drug-likeness (QED) is 0.634. The minimum absolute atomic E-state index is 0.0196. The first kappa shape index (κ1) is 17.1. The van der Waals surface area contributed by atoms with E-state index >= 15 is 0 Å². The molecule has 0 radical (unpaired) electrons. The second-order valence-corrected chi connectivity index (χ2v) is 6.81. The largest absolute Gasteiger partial charge is 0.508 e. The fraction of sp³-hybridized carbons (Fsp3) is 0.500. The van der Waals surface area contributed by atoms with Gasteiger partial charge >= 0.3 is 12.1 Å². The highest BCUT2D eigenvalue weighted by atomic mass is 16.6. The van der Waals surface area contributed by atoms with Crippen molar-refractivity contribution < 1.29 is 29.6 Å². The summed E-state index contributed by atoms with van der Waals surface area (Å²) in [7, 11) is 0. The highest BCUT2D eigenvalue weighted by Gasteiger charge is 2.52. The van der Waals surface area contributed by atoms with Crippen molar-refractivity contribution in [2.75, 3.05) is 5.32 Å². The van der Waals surface area contributed by atoms with Crippen molar-refractivity contribution in [1.29, 1.82) is 0 Å². The van der Waals surface area contributed by atoms with Gasteiger partial charge in [0.15, 0.2) is 0 Å². The topological polar surface area (TPSA) is 116 Å². The smallest absolute Gasteiger partial charge is 0.412 e. The summed E-state index contributed by atoms with van der Waals surface area (Å²) >= 11 is 0. The number of aromatic hydroxyl groups is 1. The van der Waals surface area contributed by atoms with Crippen molar-refractivity contribution in [3.8, 4) is 5.75 Å². The summed E-state index contributed by atoms with van der Waals surface area (Å²) in [4.78, 5) is 23.4. The lowest BCUT2D eigenvalue weighted by Gasteiger charge is -2.42. The molecule has 0 aliphatic heterocycles. The third-order valence-corrected chi connectivity index (χ3v) is 3.73. The van der Waals surface area contributed by atoms with Crippen LogP contribution in [0.15, 0.2) is 18.2 Å². The molecule has 7 nitrogen and oxygen atoms in total. The Morgan fingerprint density at radius 1 is 1.30 bits per heavy atom. The number of aliphatic hydroxyl groups excluding tert-OH is 1. The molecule has 0 heterocycles. The van der Waals surface area contributed by atoms with E-state index in [1.54, 1.807) is 20.8 Å². The van der Waals surface area contributed by atoms with E-state index in [2.05, 4.69) is 5.32 Å². The standard InChI is InChI=1S/C16H21NO6/c1-15(2,3)23-14(22)17-9-4-5-12(19)11(6-9)16(13(20)21)7-10(18)8-16/h4-6,10,18-19H,7-8H2,1-3H3,(H,17,22)(H,20,21). The van der Waals surface area contributed by atoms with E-state index in [4.69, 9.17) is 4.74 Å². The number of anilines is 1. The van der Waals surface area contributed by atoms with Crippen molar-refractivity contribution in [3.05, 3.63) is 23.8 Å². The number of phenols is 1. The molecule has 1 saturated carbocycles. The highest BCUT2D eigenvalue weighted by Crippen LogP contribution is 2.48. The van der Waals surface area contributed by atoms with Crippen LogP contribution >= 0.6 is 0 Å². The zero-order chi connectivity index (χ0) is 17.4. The maximum atomic E-state index is 11.8. The normalized spacial score (nSPS) is 23.7. The number of ether oxygens (including phenoxy) is 1. The summed E-state index contributed by atoms with van der Waals surface area (Å²) in [5.74, 6) is -1.30. The third kappa shape index (κ3) is 3.56. The van der Waals surface area contributed by atoms with Crippen molar-refractivity contribution in [2.24, 2.45) is 0 Å². The molecular formula is C16H21NO6. The van der Waals surface area contributed by atoms with Crippen molar-refractivity contribution in [1.82, 2.24) is 0 Å². The lowest BCUT2D eigenvalue weighted by molar-refractivity contribution is -0.153. The molecule has 1 aliphatic carbocycles. The van der Waals surface area contributed by atoms with E-state index in [-0.39, 0.29) is 24.2 Å². The molecule has 1 fully saturated rings. The van der Waals surface area contributed by atoms with Gasteiger partial charge in [0.05, 0.1) is 6.10 Å². The molecule has 1 aromatic carbocycles. The SMILES string of the molecule is CC(C)(C)OC(=O)Nc1ccc(O)c(C2(C(=O)O)CC(O)C2)c1. The Morgan fingerprint density at radius 3 is 2.39 bits per heavy atom. The number of hydrogen-bond acceptors (Lipinski definition) is 5. The predicted octanol–water partition coefficient (Wildman–Crippen LogP) is 2.22. The fourth-order valence-corrected chi connectivity index (χ4v) is 2.67. The number of nitrogens with one attached hydrogen (secondary N) is 1. The van der Waals surface area contributed by atoms with E-state index in [9.17, 15) is 24.9 Å². The van der Waals surface area contributed by atoms with Crippen LogP contribution in [0.1, 0.15) is 39.2 Å². The summed E-state index contributed by atoms with van der Waals surface area (Å²) in [6.45, 7) is 5.18. The fourth-order valence-electron chi connectivity index (χ4n) is 2.67. The lowest BCUT2D eigenvalue weighted by Crippen LogP contribution is -2.50. The number of carbonyl (C=O) groups excluding carboxylic acids is 1. The number of amides is 1. The highest BCUT2D eigenvalue weighted by molar-refractivity contribution is 5.88. The second-order valence-electron chi connectivity index (χ2n) is 6.81. The molecule has 4 N–H and O–H groups in total. The van der Waals surface area contributed by atoms with Gasteiger partial charge in [-0.2, -0.15) is 0 Å². The van der Waals surface area contributed by atoms with E-state index in [0.29, 0.717) is 5.69 Å². The number of phenolic OH excluding ortho intramolecular Hbond substituents is 1. The van der Waals surface area contributed by atoms with Crippen LogP contribution < -0.4 is 5.32 Å². The van der Waals surface area contributed by atoms with Crippen molar-refractivity contribution in [2.45, 2.75) is 50.7 Å². The maximum Gasteiger partial charge on any atom is 0.412 e. The molecule has 2 rings (SSSR count). The van der Waals surface area contributed by atoms with Gasteiger partial charge < -0.3 is 20.1 Å². The number of carboxylic acid groups (broad SMARTS) is 1. The first-order valence-corrected chi connectivity index (χ1v) is 7.28. The van der Waals surface area contributed by atoms with E-state index in [0.717, 1.165) is 0 Å². The van der Waals surface area contributed by atoms with Gasteiger partial charge in [-0.05, 0) is 51.8 Å². The van der Waals surface area contributed by atoms with E-state index in [1.807, 2.05) is 0 Å². The van der Waals surface area contributed by atoms with Gasteiger partial charge in [0.25, 0.3) is 0 Å². The van der Waals surface area contributed by atoms with Crippen molar-refractivity contribution in [3.63, 3.8) is 0 Å². The molecule has 1 aromatic rings. The lowest BCUT2D eigenvalue weighted by atomic mass is 9.62. The Labute approximate surface area is 133 Å².